The van der Waals surface area contributed by atoms with Gasteiger partial charge in [0, 0.05) is 18.3 Å². The standard InChI is InChI=1S/C25H24F2N4O2/c1-3-17-20(26)7-6-14-9-16(33)10-18(21(14)17)23-22(27)24-19(11-28-23)25(30-13(2)29-24)31-8-4-5-15(31)12-32/h6-7,9-11,15,32-33H,3-5,8,12H2,1-2H3/t15-/m0/s1. The number of nitrogens with zero attached hydrogens (tertiary/aromatic N) is 4. The van der Waals surface area contributed by atoms with Crippen LogP contribution in [0.1, 0.15) is 31.2 Å². The number of aliphatic hydroxyl groups excluding tert-OH is 1. The number of anilines is 1. The van der Waals surface area contributed by atoms with E-state index in [-0.39, 0.29) is 35.4 Å². The van der Waals surface area contributed by atoms with Gasteiger partial charge in [-0.1, -0.05) is 13.0 Å². The zero-order valence-corrected chi connectivity index (χ0v) is 18.4. The van der Waals surface area contributed by atoms with Gasteiger partial charge in [0.25, 0.3) is 0 Å². The molecule has 4 aromatic rings. The van der Waals surface area contributed by atoms with Gasteiger partial charge in [0.1, 0.15) is 34.4 Å². The van der Waals surface area contributed by atoms with Crippen LogP contribution < -0.4 is 4.90 Å². The molecule has 8 heteroatoms. The Balaban J connectivity index is 1.79. The summed E-state index contributed by atoms with van der Waals surface area (Å²) in [4.78, 5) is 15.3. The van der Waals surface area contributed by atoms with Crippen LogP contribution >= 0.6 is 0 Å². The van der Waals surface area contributed by atoms with E-state index < -0.39 is 5.82 Å². The first kappa shape index (κ1) is 21.5. The Morgan fingerprint density at radius 2 is 2.00 bits per heavy atom. The summed E-state index contributed by atoms with van der Waals surface area (Å²) in [5.41, 5.74) is 0.851. The van der Waals surface area contributed by atoms with Gasteiger partial charge >= 0.3 is 0 Å². The van der Waals surface area contributed by atoms with E-state index in [2.05, 4.69) is 15.0 Å². The second-order valence-corrected chi connectivity index (χ2v) is 8.42. The molecule has 1 fully saturated rings. The van der Waals surface area contributed by atoms with Crippen molar-refractivity contribution in [1.82, 2.24) is 15.0 Å². The first-order valence-corrected chi connectivity index (χ1v) is 11.1. The van der Waals surface area contributed by atoms with E-state index in [0.717, 1.165) is 12.8 Å². The van der Waals surface area contributed by atoms with Gasteiger partial charge in [-0.25, -0.2) is 18.7 Å². The zero-order chi connectivity index (χ0) is 23.3. The maximum Gasteiger partial charge on any atom is 0.175 e. The van der Waals surface area contributed by atoms with E-state index in [1.807, 2.05) is 11.8 Å². The maximum atomic E-state index is 16.0. The summed E-state index contributed by atoms with van der Waals surface area (Å²) in [5.74, 6) is -0.152. The number of aromatic hydroxyl groups is 1. The molecule has 1 aliphatic heterocycles. The van der Waals surface area contributed by atoms with Gasteiger partial charge < -0.3 is 15.1 Å². The number of phenols is 1. The van der Waals surface area contributed by atoms with Crippen LogP contribution in [-0.2, 0) is 6.42 Å². The topological polar surface area (TPSA) is 82.4 Å². The number of aliphatic hydroxyl groups is 1. The van der Waals surface area contributed by atoms with Crippen molar-refractivity contribution in [3.63, 3.8) is 0 Å². The number of aryl methyl sites for hydroxylation is 2. The average molecular weight is 450 g/mol. The van der Waals surface area contributed by atoms with E-state index in [0.29, 0.717) is 51.9 Å². The molecule has 5 rings (SSSR count). The minimum absolute atomic E-state index is 0.00659. The van der Waals surface area contributed by atoms with Crippen LogP contribution in [0.25, 0.3) is 32.9 Å². The minimum atomic E-state index is -0.655. The Morgan fingerprint density at radius 3 is 2.76 bits per heavy atom. The fourth-order valence-corrected chi connectivity index (χ4v) is 4.89. The van der Waals surface area contributed by atoms with E-state index in [1.165, 1.54) is 24.4 Å². The SMILES string of the molecule is CCc1c(F)ccc2cc(O)cc(-c3ncc4c(N5CCC[C@H]5CO)nc(C)nc4c3F)c12. The van der Waals surface area contributed by atoms with Crippen molar-refractivity contribution in [2.24, 2.45) is 0 Å². The molecule has 0 aliphatic carbocycles. The van der Waals surface area contributed by atoms with Gasteiger partial charge in [0.05, 0.1) is 18.0 Å². The summed E-state index contributed by atoms with van der Waals surface area (Å²) >= 11 is 0. The van der Waals surface area contributed by atoms with Gasteiger partial charge in [-0.3, -0.25) is 4.98 Å². The zero-order valence-electron chi connectivity index (χ0n) is 18.4. The monoisotopic (exact) mass is 450 g/mol. The quantitative estimate of drug-likeness (QED) is 0.471. The summed E-state index contributed by atoms with van der Waals surface area (Å²) in [5, 5.41) is 21.6. The van der Waals surface area contributed by atoms with Crippen LogP contribution in [0.4, 0.5) is 14.6 Å². The lowest BCUT2D eigenvalue weighted by atomic mass is 9.94. The first-order valence-electron chi connectivity index (χ1n) is 11.1. The number of hydrogen-bond acceptors (Lipinski definition) is 6. The molecule has 0 saturated carbocycles. The first-order chi connectivity index (χ1) is 15.9. The molecule has 33 heavy (non-hydrogen) atoms. The molecular formula is C25H24F2N4O2. The molecule has 2 N–H and O–H groups in total. The second kappa shape index (κ2) is 8.19. The van der Waals surface area contributed by atoms with Crippen molar-refractivity contribution < 1.29 is 19.0 Å². The summed E-state index contributed by atoms with van der Waals surface area (Å²) < 4.78 is 30.6. The number of fused-ring (bicyclic) bond motifs is 2. The fourth-order valence-electron chi connectivity index (χ4n) is 4.89. The summed E-state index contributed by atoms with van der Waals surface area (Å²) in [7, 11) is 0. The summed E-state index contributed by atoms with van der Waals surface area (Å²) in [6.45, 7) is 4.21. The van der Waals surface area contributed by atoms with Crippen molar-refractivity contribution >= 4 is 27.5 Å². The molecule has 170 valence electrons. The molecular weight excluding hydrogens is 426 g/mol. The van der Waals surface area contributed by atoms with Gasteiger partial charge in [-0.15, -0.1) is 0 Å². The number of pyridine rings is 1. The molecule has 0 unspecified atom stereocenters. The highest BCUT2D eigenvalue weighted by Gasteiger charge is 2.28. The van der Waals surface area contributed by atoms with E-state index in [4.69, 9.17) is 0 Å². The average Bonchev–Trinajstić information content (AvgIpc) is 3.28. The molecule has 1 aliphatic rings. The van der Waals surface area contributed by atoms with Crippen molar-refractivity contribution in [3.05, 3.63) is 53.5 Å². The summed E-state index contributed by atoms with van der Waals surface area (Å²) in [6, 6.07) is 5.78. The molecule has 2 aromatic heterocycles. The van der Waals surface area contributed by atoms with Crippen molar-refractivity contribution in [1.29, 1.82) is 0 Å². The number of phenolic OH excluding ortho intramolecular Hbond substituents is 1. The smallest absolute Gasteiger partial charge is 0.175 e. The van der Waals surface area contributed by atoms with Crippen molar-refractivity contribution in [3.8, 4) is 17.0 Å². The normalized spacial score (nSPS) is 16.3. The molecule has 2 aromatic carbocycles. The van der Waals surface area contributed by atoms with Crippen molar-refractivity contribution in [2.45, 2.75) is 39.2 Å². The van der Waals surface area contributed by atoms with Gasteiger partial charge in [-0.2, -0.15) is 0 Å². The maximum absolute atomic E-state index is 16.0. The van der Waals surface area contributed by atoms with E-state index >= 15 is 4.39 Å². The highest BCUT2D eigenvalue weighted by Crippen LogP contribution is 2.39. The molecule has 0 bridgehead atoms. The second-order valence-electron chi connectivity index (χ2n) is 8.42. The molecule has 0 radical (unpaired) electrons. The Labute approximate surface area is 189 Å². The Bertz CT molecular complexity index is 1390. The number of rotatable bonds is 4. The van der Waals surface area contributed by atoms with Crippen LogP contribution in [-0.4, -0.2) is 44.4 Å². The van der Waals surface area contributed by atoms with Crippen LogP contribution in [0, 0.1) is 18.6 Å². The predicted octanol–water partition coefficient (Wildman–Crippen LogP) is 4.66. The largest absolute Gasteiger partial charge is 0.508 e. The third-order valence-corrected chi connectivity index (χ3v) is 6.40. The van der Waals surface area contributed by atoms with Crippen LogP contribution in [0.5, 0.6) is 5.75 Å². The number of halogens is 2. The van der Waals surface area contributed by atoms with Crippen LogP contribution in [0.2, 0.25) is 0 Å². The summed E-state index contributed by atoms with van der Waals surface area (Å²) in [6.07, 6.45) is 3.66. The van der Waals surface area contributed by atoms with Crippen LogP contribution in [0.3, 0.4) is 0 Å². The lowest BCUT2D eigenvalue weighted by Gasteiger charge is -2.25. The molecule has 0 amide bonds. The lowest BCUT2D eigenvalue weighted by Crippen LogP contribution is -2.33. The Hall–Kier alpha value is -3.39. The molecule has 3 heterocycles. The number of hydrogen-bond donors (Lipinski definition) is 2. The third-order valence-electron chi connectivity index (χ3n) is 6.40. The lowest BCUT2D eigenvalue weighted by molar-refractivity contribution is 0.266. The Morgan fingerprint density at radius 1 is 1.18 bits per heavy atom. The van der Waals surface area contributed by atoms with E-state index in [1.54, 1.807) is 13.0 Å². The van der Waals surface area contributed by atoms with Crippen molar-refractivity contribution in [2.75, 3.05) is 18.1 Å². The Kier molecular flexibility index (Phi) is 5.32. The number of aromatic nitrogens is 3. The fraction of sp³-hybridized carbons (Fsp3) is 0.320. The van der Waals surface area contributed by atoms with Crippen LogP contribution in [0.15, 0.2) is 30.5 Å². The van der Waals surface area contributed by atoms with Gasteiger partial charge in [0.2, 0.25) is 0 Å². The highest BCUT2D eigenvalue weighted by molar-refractivity contribution is 6.01. The van der Waals surface area contributed by atoms with E-state index in [9.17, 15) is 14.6 Å². The van der Waals surface area contributed by atoms with Gasteiger partial charge in [0.15, 0.2) is 5.82 Å². The third kappa shape index (κ3) is 3.45. The predicted molar refractivity (Wildman–Crippen MR) is 123 cm³/mol. The minimum Gasteiger partial charge on any atom is -0.508 e. The van der Waals surface area contributed by atoms with Gasteiger partial charge in [-0.05, 0) is 60.7 Å². The molecule has 6 nitrogen and oxygen atoms in total. The molecule has 0 spiro atoms. The highest BCUT2D eigenvalue weighted by atomic mass is 19.1. The number of benzene rings is 2. The molecule has 1 saturated heterocycles. The molecule has 1 atom stereocenters.